The Balaban J connectivity index is 3.20. The van der Waals surface area contributed by atoms with Gasteiger partial charge in [-0.3, -0.25) is 0 Å². The minimum Gasteiger partial charge on any atom is -0.867 e. The summed E-state index contributed by atoms with van der Waals surface area (Å²) in [5.74, 6) is -3.00. The summed E-state index contributed by atoms with van der Waals surface area (Å²) in [6.45, 7) is 0. The lowest BCUT2D eigenvalue weighted by atomic mass is 10.2. The predicted molar refractivity (Wildman–Crippen MR) is 40.6 cm³/mol. The number of carbonyl (C=O) groups excluding carboxylic acids is 1. The second kappa shape index (κ2) is 3.22. The van der Waals surface area contributed by atoms with Gasteiger partial charge in [0.25, 0.3) is 0 Å². The quantitative estimate of drug-likeness (QED) is 0.596. The van der Waals surface area contributed by atoms with Crippen LogP contribution in [0.15, 0.2) is 12.1 Å². The van der Waals surface area contributed by atoms with Crippen LogP contribution in [-0.4, -0.2) is 23.3 Å². The van der Waals surface area contributed by atoms with E-state index in [2.05, 4.69) is 4.74 Å². The number of phenolic OH excluding ortho intramolecular Hbond substituents is 2. The van der Waals surface area contributed by atoms with Crippen molar-refractivity contribution in [1.82, 2.24) is 0 Å². The molecule has 0 aromatic heterocycles. The highest BCUT2D eigenvalue weighted by atomic mass is 16.5. The molecular formula is C8H7O5-. The van der Waals surface area contributed by atoms with Gasteiger partial charge in [0.05, 0.1) is 12.7 Å². The van der Waals surface area contributed by atoms with Gasteiger partial charge in [0.2, 0.25) is 0 Å². The molecule has 0 bridgehead atoms. The molecule has 0 unspecified atom stereocenters. The van der Waals surface area contributed by atoms with Crippen molar-refractivity contribution in [3.05, 3.63) is 17.7 Å². The number of phenols is 2. The molecule has 0 aliphatic carbocycles. The van der Waals surface area contributed by atoms with E-state index >= 15 is 0 Å². The number of esters is 1. The summed E-state index contributed by atoms with van der Waals surface area (Å²) >= 11 is 0. The van der Waals surface area contributed by atoms with E-state index in [-0.39, 0.29) is 5.56 Å². The molecule has 0 amide bonds. The monoisotopic (exact) mass is 183 g/mol. The number of carbonyl (C=O) groups is 1. The molecule has 1 rings (SSSR count). The second-order valence-electron chi connectivity index (χ2n) is 2.34. The Kier molecular flexibility index (Phi) is 2.27. The van der Waals surface area contributed by atoms with Crippen molar-refractivity contribution < 1.29 is 24.9 Å². The van der Waals surface area contributed by atoms with Crippen molar-refractivity contribution in [2.24, 2.45) is 0 Å². The topological polar surface area (TPSA) is 89.8 Å². The number of rotatable bonds is 1. The van der Waals surface area contributed by atoms with E-state index in [1.165, 1.54) is 0 Å². The molecule has 70 valence electrons. The minimum atomic E-state index is -0.910. The first-order valence-corrected chi connectivity index (χ1v) is 3.37. The Bertz CT molecular complexity index is 321. The van der Waals surface area contributed by atoms with E-state index in [1.807, 2.05) is 0 Å². The van der Waals surface area contributed by atoms with Crippen molar-refractivity contribution in [1.29, 1.82) is 0 Å². The first-order chi connectivity index (χ1) is 6.06. The fourth-order valence-electron chi connectivity index (χ4n) is 0.834. The molecule has 0 saturated carbocycles. The van der Waals surface area contributed by atoms with Gasteiger partial charge in [0, 0.05) is 0 Å². The van der Waals surface area contributed by atoms with Gasteiger partial charge in [-0.2, -0.15) is 0 Å². The maximum atomic E-state index is 10.9. The minimum absolute atomic E-state index is 0.0721. The average Bonchev–Trinajstić information content (AvgIpc) is 2.12. The molecule has 0 atom stereocenters. The van der Waals surface area contributed by atoms with Crippen molar-refractivity contribution in [3.8, 4) is 17.2 Å². The predicted octanol–water partition coefficient (Wildman–Crippen LogP) is -0.0420. The standard InChI is InChI=1S/C8H8O5/c1-13-8(12)4-2-5(9)7(11)6(10)3-4/h2-3,9-11H,1H3/p-1. The maximum Gasteiger partial charge on any atom is 0.338 e. The Hall–Kier alpha value is -1.91. The third-order valence-corrected chi connectivity index (χ3v) is 1.47. The molecule has 0 fully saturated rings. The van der Waals surface area contributed by atoms with Crippen LogP contribution >= 0.6 is 0 Å². The number of aromatic hydroxyl groups is 2. The maximum absolute atomic E-state index is 10.9. The van der Waals surface area contributed by atoms with Crippen molar-refractivity contribution in [2.45, 2.75) is 0 Å². The summed E-state index contributed by atoms with van der Waals surface area (Å²) in [4.78, 5) is 10.9. The van der Waals surface area contributed by atoms with Gasteiger partial charge in [-0.05, 0) is 17.9 Å². The van der Waals surface area contributed by atoms with Crippen LogP contribution < -0.4 is 5.11 Å². The molecular weight excluding hydrogens is 176 g/mol. The molecule has 0 saturated heterocycles. The van der Waals surface area contributed by atoms with Crippen LogP contribution in [-0.2, 0) is 4.74 Å². The van der Waals surface area contributed by atoms with E-state index in [0.29, 0.717) is 0 Å². The third kappa shape index (κ3) is 1.64. The van der Waals surface area contributed by atoms with Crippen LogP contribution in [0.25, 0.3) is 0 Å². The summed E-state index contributed by atoms with van der Waals surface area (Å²) < 4.78 is 4.32. The van der Waals surface area contributed by atoms with Crippen LogP contribution in [0.4, 0.5) is 0 Å². The number of hydrogen-bond acceptors (Lipinski definition) is 5. The zero-order valence-electron chi connectivity index (χ0n) is 6.77. The lowest BCUT2D eigenvalue weighted by Gasteiger charge is -2.11. The molecule has 0 aliphatic rings. The van der Waals surface area contributed by atoms with E-state index in [1.54, 1.807) is 0 Å². The summed E-state index contributed by atoms with van der Waals surface area (Å²) in [5.41, 5.74) is -0.0721. The van der Waals surface area contributed by atoms with Gasteiger partial charge in [-0.1, -0.05) is 0 Å². The average molecular weight is 183 g/mol. The van der Waals surface area contributed by atoms with E-state index in [4.69, 9.17) is 10.2 Å². The molecule has 0 radical (unpaired) electrons. The summed E-state index contributed by atoms with van der Waals surface area (Å²) in [7, 11) is 1.15. The first-order valence-electron chi connectivity index (χ1n) is 3.37. The molecule has 0 spiro atoms. The lowest BCUT2D eigenvalue weighted by Crippen LogP contribution is -2.02. The molecule has 5 heteroatoms. The van der Waals surface area contributed by atoms with Crippen molar-refractivity contribution in [3.63, 3.8) is 0 Å². The smallest absolute Gasteiger partial charge is 0.338 e. The molecule has 1 aromatic rings. The van der Waals surface area contributed by atoms with E-state index < -0.39 is 23.2 Å². The molecule has 13 heavy (non-hydrogen) atoms. The van der Waals surface area contributed by atoms with Crippen LogP contribution in [0.5, 0.6) is 17.2 Å². The number of methoxy groups -OCH3 is 1. The van der Waals surface area contributed by atoms with E-state index in [0.717, 1.165) is 19.2 Å². The van der Waals surface area contributed by atoms with Gasteiger partial charge >= 0.3 is 5.97 Å². The fourth-order valence-corrected chi connectivity index (χ4v) is 0.834. The highest BCUT2D eigenvalue weighted by molar-refractivity contribution is 5.90. The van der Waals surface area contributed by atoms with Gasteiger partial charge in [-0.25, -0.2) is 4.79 Å². The zero-order chi connectivity index (χ0) is 10.0. The van der Waals surface area contributed by atoms with Crippen LogP contribution in [0, 0.1) is 0 Å². The molecule has 0 aliphatic heterocycles. The summed E-state index contributed by atoms with van der Waals surface area (Å²) in [6, 6.07) is 1.88. The van der Waals surface area contributed by atoms with Crippen LogP contribution in [0.1, 0.15) is 10.4 Å². The number of ether oxygens (including phenoxy) is 1. The number of hydrogen-bond donors (Lipinski definition) is 2. The van der Waals surface area contributed by atoms with Gasteiger partial charge < -0.3 is 20.1 Å². The summed E-state index contributed by atoms with van der Waals surface area (Å²) in [6.07, 6.45) is 0. The van der Waals surface area contributed by atoms with Crippen LogP contribution in [0.2, 0.25) is 0 Å². The first kappa shape index (κ1) is 9.18. The van der Waals surface area contributed by atoms with Crippen molar-refractivity contribution in [2.75, 3.05) is 7.11 Å². The Morgan fingerprint density at radius 2 is 1.85 bits per heavy atom. The highest BCUT2D eigenvalue weighted by Gasteiger charge is 2.09. The Morgan fingerprint density at radius 3 is 2.23 bits per heavy atom. The Labute approximate surface area is 73.8 Å². The molecule has 0 heterocycles. The lowest BCUT2D eigenvalue weighted by molar-refractivity contribution is -0.272. The highest BCUT2D eigenvalue weighted by Crippen LogP contribution is 2.32. The molecule has 5 nitrogen and oxygen atoms in total. The second-order valence-corrected chi connectivity index (χ2v) is 2.34. The SMILES string of the molecule is COC(=O)c1cc(O)c([O-])c(O)c1. The summed E-state index contributed by atoms with van der Waals surface area (Å²) in [5, 5.41) is 28.7. The zero-order valence-corrected chi connectivity index (χ0v) is 6.77. The molecule has 2 N–H and O–H groups in total. The van der Waals surface area contributed by atoms with Gasteiger partial charge in [0.15, 0.2) is 0 Å². The number of benzene rings is 1. The fraction of sp³-hybridized carbons (Fsp3) is 0.125. The van der Waals surface area contributed by atoms with Crippen LogP contribution in [0.3, 0.4) is 0 Å². The van der Waals surface area contributed by atoms with Crippen molar-refractivity contribution >= 4 is 5.97 Å². The molecule has 1 aromatic carbocycles. The Morgan fingerprint density at radius 1 is 1.38 bits per heavy atom. The normalized spacial score (nSPS) is 9.62. The largest absolute Gasteiger partial charge is 0.867 e. The van der Waals surface area contributed by atoms with Gasteiger partial charge in [0.1, 0.15) is 11.5 Å². The third-order valence-electron chi connectivity index (χ3n) is 1.47. The van der Waals surface area contributed by atoms with Gasteiger partial charge in [-0.15, -0.1) is 0 Å². The van der Waals surface area contributed by atoms with E-state index in [9.17, 15) is 9.90 Å².